The first kappa shape index (κ1) is 12.9. The van der Waals surface area contributed by atoms with Crippen LogP contribution in [0.5, 0.6) is 11.5 Å². The Hall–Kier alpha value is -1.55. The van der Waals surface area contributed by atoms with Crippen LogP contribution in [0.2, 0.25) is 0 Å². The van der Waals surface area contributed by atoms with Crippen molar-refractivity contribution in [3.8, 4) is 11.5 Å². The minimum atomic E-state index is -0.720. The van der Waals surface area contributed by atoms with E-state index in [9.17, 15) is 4.79 Å². The summed E-state index contributed by atoms with van der Waals surface area (Å²) >= 11 is 0. The highest BCUT2D eigenvalue weighted by Gasteiger charge is 2.39. The molecule has 98 valence electrons. The van der Waals surface area contributed by atoms with Crippen molar-refractivity contribution in [1.82, 2.24) is 0 Å². The van der Waals surface area contributed by atoms with Gasteiger partial charge >= 0.3 is 0 Å². The Labute approximate surface area is 107 Å². The van der Waals surface area contributed by atoms with E-state index in [-0.39, 0.29) is 5.78 Å². The second-order valence-corrected chi connectivity index (χ2v) is 4.58. The second kappa shape index (κ2) is 4.98. The second-order valence-electron chi connectivity index (χ2n) is 4.58. The van der Waals surface area contributed by atoms with Crippen LogP contribution >= 0.6 is 0 Å². The lowest BCUT2D eigenvalue weighted by molar-refractivity contribution is 0.0211. The highest BCUT2D eigenvalue weighted by Crippen LogP contribution is 2.33. The molecule has 0 aromatic heterocycles. The van der Waals surface area contributed by atoms with Gasteiger partial charge in [0.05, 0.1) is 19.8 Å². The highest BCUT2D eigenvalue weighted by atomic mass is 16.5. The summed E-state index contributed by atoms with van der Waals surface area (Å²) in [6.45, 7) is 2.48. The maximum atomic E-state index is 12.5. The van der Waals surface area contributed by atoms with E-state index in [0.717, 1.165) is 12.8 Å². The van der Waals surface area contributed by atoms with Gasteiger partial charge in [-0.3, -0.25) is 4.79 Å². The number of ketones is 1. The zero-order valence-electron chi connectivity index (χ0n) is 11.0. The minimum Gasteiger partial charge on any atom is -0.497 e. The van der Waals surface area contributed by atoms with E-state index in [0.29, 0.717) is 23.7 Å². The van der Waals surface area contributed by atoms with E-state index in [1.165, 1.54) is 0 Å². The van der Waals surface area contributed by atoms with Gasteiger partial charge < -0.3 is 14.2 Å². The Kier molecular flexibility index (Phi) is 3.57. The molecule has 4 heteroatoms. The lowest BCUT2D eigenvalue weighted by atomic mass is 9.91. The molecule has 1 aromatic rings. The van der Waals surface area contributed by atoms with Crippen molar-refractivity contribution in [3.05, 3.63) is 23.8 Å². The summed E-state index contributed by atoms with van der Waals surface area (Å²) in [5, 5.41) is 0. The molecule has 1 aromatic carbocycles. The SMILES string of the molecule is COc1ccc(C(=O)C2(C)CCCO2)c(OC)c1. The zero-order chi connectivity index (χ0) is 13.2. The van der Waals surface area contributed by atoms with Gasteiger partial charge in [0.15, 0.2) is 5.78 Å². The fraction of sp³-hybridized carbons (Fsp3) is 0.500. The number of carbonyl (C=O) groups is 1. The Balaban J connectivity index is 2.35. The number of rotatable bonds is 4. The number of ether oxygens (including phenoxy) is 3. The third-order valence-electron chi connectivity index (χ3n) is 3.35. The first-order valence-corrected chi connectivity index (χ1v) is 6.01. The quantitative estimate of drug-likeness (QED) is 0.770. The molecule has 1 fully saturated rings. The van der Waals surface area contributed by atoms with Gasteiger partial charge in [-0.25, -0.2) is 0 Å². The van der Waals surface area contributed by atoms with E-state index in [2.05, 4.69) is 0 Å². The molecule has 0 amide bonds. The first-order chi connectivity index (χ1) is 8.60. The standard InChI is InChI=1S/C14H18O4/c1-14(7-4-8-18-14)13(15)11-6-5-10(16-2)9-12(11)17-3/h5-6,9H,4,7-8H2,1-3H3. The zero-order valence-corrected chi connectivity index (χ0v) is 11.0. The summed E-state index contributed by atoms with van der Waals surface area (Å²) in [5.74, 6) is 1.16. The number of Topliss-reactive ketones (excluding diaryl/α,β-unsaturated/α-hetero) is 1. The maximum absolute atomic E-state index is 12.5. The van der Waals surface area contributed by atoms with Gasteiger partial charge in [-0.15, -0.1) is 0 Å². The predicted octanol–water partition coefficient (Wildman–Crippen LogP) is 2.46. The lowest BCUT2D eigenvalue weighted by Gasteiger charge is -2.22. The lowest BCUT2D eigenvalue weighted by Crippen LogP contribution is -2.34. The third kappa shape index (κ3) is 2.20. The van der Waals surface area contributed by atoms with Crippen molar-refractivity contribution in [2.24, 2.45) is 0 Å². The number of benzene rings is 1. The molecule has 2 rings (SSSR count). The van der Waals surface area contributed by atoms with Gasteiger partial charge in [0.25, 0.3) is 0 Å². The summed E-state index contributed by atoms with van der Waals surface area (Å²) in [6.07, 6.45) is 1.67. The van der Waals surface area contributed by atoms with Crippen LogP contribution in [0.25, 0.3) is 0 Å². The Bertz CT molecular complexity index is 447. The normalized spacial score (nSPS) is 22.8. The molecule has 1 aliphatic heterocycles. The molecule has 1 aliphatic rings. The fourth-order valence-electron chi connectivity index (χ4n) is 2.23. The monoisotopic (exact) mass is 250 g/mol. The van der Waals surface area contributed by atoms with Crippen molar-refractivity contribution in [1.29, 1.82) is 0 Å². The van der Waals surface area contributed by atoms with Crippen LogP contribution in [0.15, 0.2) is 18.2 Å². The van der Waals surface area contributed by atoms with Crippen LogP contribution in [-0.2, 0) is 4.74 Å². The van der Waals surface area contributed by atoms with Crippen molar-refractivity contribution in [3.63, 3.8) is 0 Å². The largest absolute Gasteiger partial charge is 0.497 e. The van der Waals surface area contributed by atoms with Gasteiger partial charge in [-0.05, 0) is 31.9 Å². The molecule has 1 atom stereocenters. The average molecular weight is 250 g/mol. The van der Waals surface area contributed by atoms with E-state index < -0.39 is 5.60 Å². The molecule has 1 unspecified atom stereocenters. The summed E-state index contributed by atoms with van der Waals surface area (Å²) in [6, 6.07) is 5.20. The number of hydrogen-bond acceptors (Lipinski definition) is 4. The molecule has 0 saturated carbocycles. The smallest absolute Gasteiger partial charge is 0.198 e. The molecular formula is C14H18O4. The maximum Gasteiger partial charge on any atom is 0.198 e. The van der Waals surface area contributed by atoms with Crippen molar-refractivity contribution >= 4 is 5.78 Å². The minimum absolute atomic E-state index is 0.0282. The first-order valence-electron chi connectivity index (χ1n) is 6.01. The molecule has 1 saturated heterocycles. The topological polar surface area (TPSA) is 44.8 Å². The Morgan fingerprint density at radius 3 is 2.67 bits per heavy atom. The number of hydrogen-bond donors (Lipinski definition) is 0. The highest BCUT2D eigenvalue weighted by molar-refractivity contribution is 6.04. The molecule has 0 spiro atoms. The van der Waals surface area contributed by atoms with Crippen molar-refractivity contribution in [2.75, 3.05) is 20.8 Å². The van der Waals surface area contributed by atoms with E-state index in [1.807, 2.05) is 6.92 Å². The summed E-state index contributed by atoms with van der Waals surface area (Å²) in [7, 11) is 3.13. The van der Waals surface area contributed by atoms with Gasteiger partial charge in [-0.1, -0.05) is 0 Å². The van der Waals surface area contributed by atoms with Crippen LogP contribution in [0, 0.1) is 0 Å². The molecule has 0 radical (unpaired) electrons. The van der Waals surface area contributed by atoms with Crippen LogP contribution in [-0.4, -0.2) is 32.2 Å². The van der Waals surface area contributed by atoms with E-state index in [1.54, 1.807) is 32.4 Å². The van der Waals surface area contributed by atoms with Gasteiger partial charge in [0.1, 0.15) is 17.1 Å². The van der Waals surface area contributed by atoms with Crippen molar-refractivity contribution in [2.45, 2.75) is 25.4 Å². The van der Waals surface area contributed by atoms with Gasteiger partial charge in [-0.2, -0.15) is 0 Å². The number of methoxy groups -OCH3 is 2. The molecule has 4 nitrogen and oxygen atoms in total. The Morgan fingerprint density at radius 2 is 2.11 bits per heavy atom. The average Bonchev–Trinajstić information content (AvgIpc) is 2.85. The molecule has 1 heterocycles. The molecule has 0 N–H and O–H groups in total. The van der Waals surface area contributed by atoms with Crippen LogP contribution in [0.1, 0.15) is 30.1 Å². The summed E-state index contributed by atoms with van der Waals surface area (Å²) in [5.41, 5.74) is -0.176. The molecule has 18 heavy (non-hydrogen) atoms. The van der Waals surface area contributed by atoms with E-state index >= 15 is 0 Å². The third-order valence-corrected chi connectivity index (χ3v) is 3.35. The van der Waals surface area contributed by atoms with Crippen LogP contribution in [0.3, 0.4) is 0 Å². The van der Waals surface area contributed by atoms with E-state index in [4.69, 9.17) is 14.2 Å². The fourth-order valence-corrected chi connectivity index (χ4v) is 2.23. The number of carbonyl (C=O) groups excluding carboxylic acids is 1. The van der Waals surface area contributed by atoms with Crippen molar-refractivity contribution < 1.29 is 19.0 Å². The van der Waals surface area contributed by atoms with Gasteiger partial charge in [0, 0.05) is 12.7 Å². The molecule has 0 bridgehead atoms. The van der Waals surface area contributed by atoms with Crippen LogP contribution in [0.4, 0.5) is 0 Å². The molecule has 0 aliphatic carbocycles. The summed E-state index contributed by atoms with van der Waals surface area (Å²) in [4.78, 5) is 12.5. The predicted molar refractivity (Wildman–Crippen MR) is 67.5 cm³/mol. The van der Waals surface area contributed by atoms with Gasteiger partial charge in [0.2, 0.25) is 0 Å². The Morgan fingerprint density at radius 1 is 1.33 bits per heavy atom. The van der Waals surface area contributed by atoms with Crippen LogP contribution < -0.4 is 9.47 Å². The molecular weight excluding hydrogens is 232 g/mol. The summed E-state index contributed by atoms with van der Waals surface area (Å²) < 4.78 is 16.0.